The number of benzene rings is 1. The van der Waals surface area contributed by atoms with E-state index in [1.54, 1.807) is 36.4 Å². The number of nitrogens with one attached hydrogen (secondary N) is 2. The largest absolute Gasteiger partial charge is 0.479 e. The van der Waals surface area contributed by atoms with Gasteiger partial charge in [-0.3, -0.25) is 0 Å². The van der Waals surface area contributed by atoms with Gasteiger partial charge in [0.2, 0.25) is 0 Å². The SMILES string of the molecule is C=CCC(C)NC(=O)NC(C(=O)O)c1ccccc1. The van der Waals surface area contributed by atoms with Gasteiger partial charge in [0.15, 0.2) is 6.04 Å². The molecule has 1 aromatic rings. The second kappa shape index (κ2) is 7.20. The maximum atomic E-state index is 11.7. The van der Waals surface area contributed by atoms with E-state index >= 15 is 0 Å². The van der Waals surface area contributed by atoms with Crippen LogP contribution in [0.5, 0.6) is 0 Å². The lowest BCUT2D eigenvalue weighted by Gasteiger charge is -2.17. The molecule has 0 aromatic heterocycles. The molecular formula is C14H18N2O3. The van der Waals surface area contributed by atoms with Crippen LogP contribution < -0.4 is 10.6 Å². The van der Waals surface area contributed by atoms with E-state index in [1.165, 1.54) is 0 Å². The van der Waals surface area contributed by atoms with Crippen LogP contribution in [0, 0.1) is 0 Å². The fourth-order valence-electron chi connectivity index (χ4n) is 1.64. The molecule has 5 nitrogen and oxygen atoms in total. The molecule has 0 radical (unpaired) electrons. The van der Waals surface area contributed by atoms with E-state index in [1.807, 2.05) is 6.92 Å². The number of carbonyl (C=O) groups excluding carboxylic acids is 1. The van der Waals surface area contributed by atoms with Crippen molar-refractivity contribution in [2.24, 2.45) is 0 Å². The van der Waals surface area contributed by atoms with Gasteiger partial charge in [0.25, 0.3) is 0 Å². The van der Waals surface area contributed by atoms with Gasteiger partial charge in [0.1, 0.15) is 0 Å². The first-order valence-electron chi connectivity index (χ1n) is 6.00. The molecule has 2 unspecified atom stereocenters. The van der Waals surface area contributed by atoms with Crippen LogP contribution in [-0.2, 0) is 4.79 Å². The fraction of sp³-hybridized carbons (Fsp3) is 0.286. The van der Waals surface area contributed by atoms with E-state index in [9.17, 15) is 9.59 Å². The molecule has 2 amide bonds. The molecule has 0 saturated carbocycles. The van der Waals surface area contributed by atoms with Crippen molar-refractivity contribution in [1.29, 1.82) is 0 Å². The van der Waals surface area contributed by atoms with Crippen molar-refractivity contribution in [3.8, 4) is 0 Å². The number of urea groups is 1. The van der Waals surface area contributed by atoms with Gasteiger partial charge in [-0.15, -0.1) is 6.58 Å². The molecule has 0 bridgehead atoms. The average Bonchev–Trinajstić information content (AvgIpc) is 2.37. The van der Waals surface area contributed by atoms with Gasteiger partial charge < -0.3 is 15.7 Å². The molecule has 5 heteroatoms. The van der Waals surface area contributed by atoms with Gasteiger partial charge in [0, 0.05) is 6.04 Å². The Morgan fingerprint density at radius 2 is 1.95 bits per heavy atom. The highest BCUT2D eigenvalue weighted by Gasteiger charge is 2.22. The molecule has 0 heterocycles. The smallest absolute Gasteiger partial charge is 0.330 e. The summed E-state index contributed by atoms with van der Waals surface area (Å²) in [7, 11) is 0. The molecule has 3 N–H and O–H groups in total. The molecule has 0 fully saturated rings. The van der Waals surface area contributed by atoms with Gasteiger partial charge in [-0.05, 0) is 18.9 Å². The van der Waals surface area contributed by atoms with Crippen molar-refractivity contribution in [2.75, 3.05) is 0 Å². The topological polar surface area (TPSA) is 78.4 Å². The van der Waals surface area contributed by atoms with E-state index in [0.29, 0.717) is 12.0 Å². The van der Waals surface area contributed by atoms with Crippen molar-refractivity contribution in [1.82, 2.24) is 10.6 Å². The minimum atomic E-state index is -1.10. The van der Waals surface area contributed by atoms with E-state index in [4.69, 9.17) is 5.11 Å². The van der Waals surface area contributed by atoms with Crippen LogP contribution >= 0.6 is 0 Å². The summed E-state index contributed by atoms with van der Waals surface area (Å²) in [5.41, 5.74) is 0.529. The molecule has 0 spiro atoms. The van der Waals surface area contributed by atoms with Crippen molar-refractivity contribution in [2.45, 2.75) is 25.4 Å². The Balaban J connectivity index is 2.67. The Labute approximate surface area is 112 Å². The Hall–Kier alpha value is -2.30. The van der Waals surface area contributed by atoms with Crippen LogP contribution in [0.15, 0.2) is 43.0 Å². The van der Waals surface area contributed by atoms with Gasteiger partial charge in [-0.2, -0.15) is 0 Å². The summed E-state index contributed by atoms with van der Waals surface area (Å²) in [5.74, 6) is -1.10. The molecule has 102 valence electrons. The molecule has 2 atom stereocenters. The van der Waals surface area contributed by atoms with Gasteiger partial charge in [-0.1, -0.05) is 36.4 Å². The standard InChI is InChI=1S/C14H18N2O3/c1-3-7-10(2)15-14(19)16-12(13(17)18)11-8-5-4-6-9-11/h3-6,8-10,12H,1,7H2,2H3,(H,17,18)(H2,15,16,19). The predicted octanol–water partition coefficient (Wildman–Crippen LogP) is 2.08. The predicted molar refractivity (Wildman–Crippen MR) is 72.8 cm³/mol. The Kier molecular flexibility index (Phi) is 5.60. The monoisotopic (exact) mass is 262 g/mol. The zero-order chi connectivity index (χ0) is 14.3. The van der Waals surface area contributed by atoms with Crippen LogP contribution in [-0.4, -0.2) is 23.1 Å². The highest BCUT2D eigenvalue weighted by atomic mass is 16.4. The summed E-state index contributed by atoms with van der Waals surface area (Å²) in [6.07, 6.45) is 2.31. The zero-order valence-corrected chi connectivity index (χ0v) is 10.8. The molecule has 19 heavy (non-hydrogen) atoms. The van der Waals surface area contributed by atoms with Gasteiger partial charge in [-0.25, -0.2) is 9.59 Å². The number of carbonyl (C=O) groups is 2. The fourth-order valence-corrected chi connectivity index (χ4v) is 1.64. The highest BCUT2D eigenvalue weighted by Crippen LogP contribution is 2.12. The van der Waals surface area contributed by atoms with Gasteiger partial charge >= 0.3 is 12.0 Å². The summed E-state index contributed by atoms with van der Waals surface area (Å²) in [4.78, 5) is 22.9. The highest BCUT2D eigenvalue weighted by molar-refractivity contribution is 5.83. The molecule has 0 saturated heterocycles. The number of rotatable bonds is 6. The molecule has 0 aliphatic heterocycles. The molecule has 0 aliphatic carbocycles. The van der Waals surface area contributed by atoms with Crippen molar-refractivity contribution in [3.05, 3.63) is 48.6 Å². The summed E-state index contributed by atoms with van der Waals surface area (Å²) in [6, 6.07) is 6.90. The van der Waals surface area contributed by atoms with Crippen molar-refractivity contribution in [3.63, 3.8) is 0 Å². The molecule has 1 aromatic carbocycles. The van der Waals surface area contributed by atoms with Crippen LogP contribution in [0.2, 0.25) is 0 Å². The third-order valence-electron chi connectivity index (χ3n) is 2.55. The average molecular weight is 262 g/mol. The van der Waals surface area contributed by atoms with E-state index in [2.05, 4.69) is 17.2 Å². The molecular weight excluding hydrogens is 244 g/mol. The number of hydrogen-bond acceptors (Lipinski definition) is 2. The van der Waals surface area contributed by atoms with Crippen molar-refractivity contribution >= 4 is 12.0 Å². The van der Waals surface area contributed by atoms with Crippen LogP contribution in [0.3, 0.4) is 0 Å². The first-order valence-corrected chi connectivity index (χ1v) is 6.00. The number of amides is 2. The summed E-state index contributed by atoms with van der Waals surface area (Å²) < 4.78 is 0. The first-order chi connectivity index (χ1) is 9.04. The minimum Gasteiger partial charge on any atom is -0.479 e. The third-order valence-corrected chi connectivity index (χ3v) is 2.55. The first kappa shape index (κ1) is 14.8. The number of carboxylic acid groups (broad SMARTS) is 1. The zero-order valence-electron chi connectivity index (χ0n) is 10.8. The van der Waals surface area contributed by atoms with Crippen LogP contribution in [0.25, 0.3) is 0 Å². The molecule has 1 rings (SSSR count). The minimum absolute atomic E-state index is 0.0947. The van der Waals surface area contributed by atoms with E-state index < -0.39 is 18.0 Å². The number of carboxylic acids is 1. The Bertz CT molecular complexity index is 445. The lowest BCUT2D eigenvalue weighted by molar-refractivity contribution is -0.139. The molecule has 0 aliphatic rings. The van der Waals surface area contributed by atoms with Gasteiger partial charge in [0.05, 0.1) is 0 Å². The maximum absolute atomic E-state index is 11.7. The van der Waals surface area contributed by atoms with E-state index in [-0.39, 0.29) is 6.04 Å². The summed E-state index contributed by atoms with van der Waals surface area (Å²) in [5, 5.41) is 14.2. The van der Waals surface area contributed by atoms with Crippen molar-refractivity contribution < 1.29 is 14.7 Å². The third kappa shape index (κ3) is 4.83. The van der Waals surface area contributed by atoms with Crippen LogP contribution in [0.4, 0.5) is 4.79 Å². The summed E-state index contributed by atoms with van der Waals surface area (Å²) in [6.45, 7) is 5.40. The second-order valence-corrected chi connectivity index (χ2v) is 4.23. The number of aliphatic carboxylic acids is 1. The lowest BCUT2D eigenvalue weighted by atomic mass is 10.1. The quantitative estimate of drug-likeness (QED) is 0.687. The normalized spacial score (nSPS) is 13.1. The second-order valence-electron chi connectivity index (χ2n) is 4.23. The number of hydrogen-bond donors (Lipinski definition) is 3. The summed E-state index contributed by atoms with van der Waals surface area (Å²) >= 11 is 0. The lowest BCUT2D eigenvalue weighted by Crippen LogP contribution is -2.44. The maximum Gasteiger partial charge on any atom is 0.330 e. The van der Waals surface area contributed by atoms with Crippen LogP contribution in [0.1, 0.15) is 24.9 Å². The Morgan fingerprint density at radius 3 is 2.47 bits per heavy atom. The Morgan fingerprint density at radius 1 is 1.32 bits per heavy atom. The van der Waals surface area contributed by atoms with E-state index in [0.717, 1.165) is 0 Å².